The number of benzene rings is 4. The molecule has 1 aliphatic carbocycles. The maximum absolute atomic E-state index is 9.91. The summed E-state index contributed by atoms with van der Waals surface area (Å²) in [5.41, 5.74) is 10.4. The zero-order valence-corrected chi connectivity index (χ0v) is 40.6. The molecule has 0 unspecified atom stereocenters. The van der Waals surface area contributed by atoms with Gasteiger partial charge in [0.05, 0.1) is 15.0 Å². The standard InChI is InChI=1S/C58H60N4S3/c1-3-5-7-9-11-13-15-23-33-58(34-24-16-14-12-10-8-6-4-2)50-35-42(52-37-54-56(64-52)57-55(63-54)38-53(65-57)49(41-61)43(39-59)40-60)29-31-47(50)48-32-30-46(36-51(48)58)62(44-25-19-17-20-26-44)45-27-21-18-22-28-45/h17-22,25-32,35-38H,3-16,23-24,33-34H2,1-2H3. The van der Waals surface area contributed by atoms with Gasteiger partial charge in [0.25, 0.3) is 0 Å². The van der Waals surface area contributed by atoms with Crippen molar-refractivity contribution in [3.63, 3.8) is 0 Å². The van der Waals surface area contributed by atoms with Crippen molar-refractivity contribution in [2.75, 3.05) is 4.90 Å². The second-order valence-electron chi connectivity index (χ2n) is 17.8. The highest BCUT2D eigenvalue weighted by Crippen LogP contribution is 2.57. The quantitative estimate of drug-likeness (QED) is 0.0473. The molecule has 0 bridgehead atoms. The molecule has 0 saturated heterocycles. The molecule has 3 heterocycles. The Labute approximate surface area is 399 Å². The highest BCUT2D eigenvalue weighted by molar-refractivity contribution is 7.39. The highest BCUT2D eigenvalue weighted by atomic mass is 32.1. The smallest absolute Gasteiger partial charge is 0.148 e. The normalized spacial score (nSPS) is 12.4. The first-order valence-corrected chi connectivity index (χ1v) is 26.6. The van der Waals surface area contributed by atoms with Gasteiger partial charge in [-0.25, -0.2) is 0 Å². The van der Waals surface area contributed by atoms with Gasteiger partial charge in [0.1, 0.15) is 23.8 Å². The minimum atomic E-state index is -0.133. The van der Waals surface area contributed by atoms with Gasteiger partial charge in [0, 0.05) is 41.6 Å². The van der Waals surface area contributed by atoms with E-state index < -0.39 is 0 Å². The molecule has 0 aliphatic heterocycles. The summed E-state index contributed by atoms with van der Waals surface area (Å²) < 4.78 is 4.67. The second kappa shape index (κ2) is 22.1. The number of nitriles is 3. The lowest BCUT2D eigenvalue weighted by atomic mass is 9.70. The van der Waals surface area contributed by atoms with Crippen molar-refractivity contribution in [3.8, 4) is 39.8 Å². The number of anilines is 3. The van der Waals surface area contributed by atoms with Crippen LogP contribution < -0.4 is 4.90 Å². The molecule has 0 atom stereocenters. The molecule has 0 radical (unpaired) electrons. The first kappa shape index (κ1) is 46.1. The van der Waals surface area contributed by atoms with Gasteiger partial charge < -0.3 is 4.90 Å². The van der Waals surface area contributed by atoms with Gasteiger partial charge in [-0.05, 0) is 95.3 Å². The largest absolute Gasteiger partial charge is 0.310 e. The molecule has 7 heteroatoms. The van der Waals surface area contributed by atoms with Gasteiger partial charge in [0.2, 0.25) is 0 Å². The van der Waals surface area contributed by atoms with Crippen molar-refractivity contribution in [1.82, 2.24) is 0 Å². The molecule has 65 heavy (non-hydrogen) atoms. The van der Waals surface area contributed by atoms with Crippen LogP contribution in [0.1, 0.15) is 145 Å². The summed E-state index contributed by atoms with van der Waals surface area (Å²) in [5, 5.41) is 29.0. The summed E-state index contributed by atoms with van der Waals surface area (Å²) in [6.45, 7) is 4.60. The van der Waals surface area contributed by atoms with Crippen LogP contribution in [-0.4, -0.2) is 0 Å². The van der Waals surface area contributed by atoms with Crippen molar-refractivity contribution in [2.45, 2.75) is 135 Å². The van der Waals surface area contributed by atoms with Crippen LogP contribution in [0.15, 0.2) is 115 Å². The minimum Gasteiger partial charge on any atom is -0.310 e. The Morgan fingerprint density at radius 2 is 1.00 bits per heavy atom. The molecule has 0 fully saturated rings. The Hall–Kier alpha value is -5.49. The van der Waals surface area contributed by atoms with E-state index in [2.05, 4.69) is 128 Å². The number of hydrogen-bond donors (Lipinski definition) is 0. The molecule has 0 spiro atoms. The lowest BCUT2D eigenvalue weighted by molar-refractivity contribution is 0.397. The first-order chi connectivity index (χ1) is 32.0. The Balaban J connectivity index is 1.20. The van der Waals surface area contributed by atoms with E-state index in [0.717, 1.165) is 33.6 Å². The summed E-state index contributed by atoms with van der Waals surface area (Å²) in [7, 11) is 0. The number of unbranched alkanes of at least 4 members (excludes halogenated alkanes) is 14. The Morgan fingerprint density at radius 1 is 0.492 bits per heavy atom. The first-order valence-electron chi connectivity index (χ1n) is 24.1. The fourth-order valence-corrected chi connectivity index (χ4v) is 14.2. The van der Waals surface area contributed by atoms with E-state index >= 15 is 0 Å². The van der Waals surface area contributed by atoms with Crippen LogP contribution in [0.4, 0.5) is 17.1 Å². The van der Waals surface area contributed by atoms with Crippen molar-refractivity contribution >= 4 is 75.4 Å². The molecule has 4 aromatic carbocycles. The maximum atomic E-state index is 9.91. The van der Waals surface area contributed by atoms with Gasteiger partial charge in [-0.2, -0.15) is 15.8 Å². The number of rotatable bonds is 23. The van der Waals surface area contributed by atoms with Gasteiger partial charge in [-0.15, -0.1) is 34.0 Å². The molecule has 0 amide bonds. The Morgan fingerprint density at radius 3 is 1.55 bits per heavy atom. The number of allylic oxidation sites excluding steroid dienone is 2. The van der Waals surface area contributed by atoms with E-state index in [1.54, 1.807) is 11.3 Å². The molecule has 0 N–H and O–H groups in total. The predicted molar refractivity (Wildman–Crippen MR) is 280 cm³/mol. The SMILES string of the molecule is CCCCCCCCCCC1(CCCCCCCCCC)c2cc(-c3cc4sc5cc(C(C#N)=C(C#N)C#N)sc5c4s3)ccc2-c2ccc(N(c3ccccc3)c3ccccc3)cc21. The van der Waals surface area contributed by atoms with Crippen molar-refractivity contribution in [3.05, 3.63) is 131 Å². The molecular formula is C58H60N4S3. The Kier molecular flexibility index (Phi) is 15.7. The fourth-order valence-electron chi connectivity index (χ4n) is 10.1. The van der Waals surface area contributed by atoms with E-state index in [0.29, 0.717) is 4.88 Å². The number of para-hydroxylation sites is 2. The lowest BCUT2D eigenvalue weighted by Gasteiger charge is -2.34. The Bertz CT molecular complexity index is 2780. The third-order valence-corrected chi connectivity index (χ3v) is 17.3. The van der Waals surface area contributed by atoms with Crippen LogP contribution in [-0.2, 0) is 5.41 Å². The highest BCUT2D eigenvalue weighted by Gasteiger charge is 2.43. The minimum absolute atomic E-state index is 0.107. The summed E-state index contributed by atoms with van der Waals surface area (Å²) in [6.07, 6.45) is 23.2. The molecule has 7 aromatic rings. The van der Waals surface area contributed by atoms with Gasteiger partial charge in [-0.1, -0.05) is 171 Å². The van der Waals surface area contributed by atoms with Gasteiger partial charge >= 0.3 is 0 Å². The van der Waals surface area contributed by atoms with Crippen LogP contribution in [0, 0.1) is 34.0 Å². The summed E-state index contributed by atoms with van der Waals surface area (Å²) in [6, 6.07) is 46.6. The number of hydrogen-bond acceptors (Lipinski definition) is 7. The predicted octanol–water partition coefficient (Wildman–Crippen LogP) is 19.0. The number of fused-ring (bicyclic) bond motifs is 6. The van der Waals surface area contributed by atoms with E-state index in [1.807, 2.05) is 29.5 Å². The van der Waals surface area contributed by atoms with Crippen LogP contribution >= 0.6 is 34.0 Å². The molecule has 4 nitrogen and oxygen atoms in total. The van der Waals surface area contributed by atoms with E-state index in [4.69, 9.17) is 0 Å². The van der Waals surface area contributed by atoms with Crippen LogP contribution in [0.5, 0.6) is 0 Å². The van der Waals surface area contributed by atoms with E-state index in [-0.39, 0.29) is 16.6 Å². The topological polar surface area (TPSA) is 74.6 Å². The van der Waals surface area contributed by atoms with E-state index in [1.165, 1.54) is 162 Å². The summed E-state index contributed by atoms with van der Waals surface area (Å²) in [4.78, 5) is 4.36. The molecule has 1 aliphatic rings. The fraction of sp³-hybridized carbons (Fsp3) is 0.362. The van der Waals surface area contributed by atoms with Crippen molar-refractivity contribution in [1.29, 1.82) is 15.8 Å². The third-order valence-electron chi connectivity index (χ3n) is 13.5. The monoisotopic (exact) mass is 908 g/mol. The molecule has 3 aromatic heterocycles. The zero-order valence-electron chi connectivity index (χ0n) is 38.1. The zero-order chi connectivity index (χ0) is 45.0. The van der Waals surface area contributed by atoms with Crippen molar-refractivity contribution < 1.29 is 0 Å². The van der Waals surface area contributed by atoms with Crippen LogP contribution in [0.3, 0.4) is 0 Å². The molecular weight excluding hydrogens is 849 g/mol. The molecule has 8 rings (SSSR count). The molecule has 330 valence electrons. The van der Waals surface area contributed by atoms with Crippen molar-refractivity contribution in [2.24, 2.45) is 0 Å². The third kappa shape index (κ3) is 10.0. The average Bonchev–Trinajstić information content (AvgIpc) is 4.09. The maximum Gasteiger partial charge on any atom is 0.148 e. The lowest BCUT2D eigenvalue weighted by Crippen LogP contribution is -2.26. The summed E-state index contributed by atoms with van der Waals surface area (Å²) in [5.74, 6) is 0. The molecule has 0 saturated carbocycles. The van der Waals surface area contributed by atoms with E-state index in [9.17, 15) is 15.8 Å². The summed E-state index contributed by atoms with van der Waals surface area (Å²) >= 11 is 5.07. The van der Waals surface area contributed by atoms with Crippen LogP contribution in [0.2, 0.25) is 0 Å². The second-order valence-corrected chi connectivity index (χ2v) is 21.0. The van der Waals surface area contributed by atoms with Crippen LogP contribution in [0.25, 0.3) is 45.9 Å². The average molecular weight is 909 g/mol. The number of nitrogens with zero attached hydrogens (tertiary/aromatic N) is 4. The van der Waals surface area contributed by atoms with Gasteiger partial charge in [-0.3, -0.25) is 0 Å². The van der Waals surface area contributed by atoms with Gasteiger partial charge in [0.15, 0.2) is 0 Å². The number of thiophene rings is 3.